The van der Waals surface area contributed by atoms with Gasteiger partial charge in [0, 0.05) is 19.3 Å². The van der Waals surface area contributed by atoms with Crippen LogP contribution in [0.4, 0.5) is 5.82 Å². The first-order chi connectivity index (χ1) is 10.0. The lowest BCUT2D eigenvalue weighted by Crippen LogP contribution is -2.38. The van der Waals surface area contributed by atoms with E-state index in [4.69, 9.17) is 17.4 Å². The number of nitrogen functional groups attached to an aromatic ring is 1. The first-order valence-corrected chi connectivity index (χ1v) is 7.83. The molecule has 21 heavy (non-hydrogen) atoms. The van der Waals surface area contributed by atoms with Crippen LogP contribution >= 0.6 is 11.6 Å². The largest absolute Gasteiger partial charge is 0.315 e. The van der Waals surface area contributed by atoms with Gasteiger partial charge in [-0.05, 0) is 6.07 Å². The predicted molar refractivity (Wildman–Crippen MR) is 74.7 cm³/mol. The van der Waals surface area contributed by atoms with E-state index in [9.17, 15) is 8.42 Å². The van der Waals surface area contributed by atoms with Gasteiger partial charge in [0.25, 0.3) is 0 Å². The van der Waals surface area contributed by atoms with Gasteiger partial charge in [-0.15, -0.1) is 10.2 Å². The Labute approximate surface area is 125 Å². The number of nitrogens with one attached hydrogen (secondary N) is 1. The van der Waals surface area contributed by atoms with Crippen LogP contribution in [-0.2, 0) is 23.1 Å². The number of pyridine rings is 1. The molecule has 0 bridgehead atoms. The van der Waals surface area contributed by atoms with Crippen LogP contribution in [0.15, 0.2) is 23.5 Å². The van der Waals surface area contributed by atoms with E-state index in [-0.39, 0.29) is 22.3 Å². The van der Waals surface area contributed by atoms with E-state index in [0.717, 1.165) is 0 Å². The van der Waals surface area contributed by atoms with Crippen molar-refractivity contribution < 1.29 is 8.42 Å². The molecule has 3 N–H and O–H groups in total. The molecular weight excluding hydrogens is 318 g/mol. The summed E-state index contributed by atoms with van der Waals surface area (Å²) in [6.45, 7) is 1.00. The molecular formula is C10H12ClN7O2S. The van der Waals surface area contributed by atoms with Gasteiger partial charge in [-0.2, -0.15) is 4.31 Å². The normalized spacial score (nSPS) is 15.7. The van der Waals surface area contributed by atoms with Gasteiger partial charge in [-0.25, -0.2) is 19.2 Å². The van der Waals surface area contributed by atoms with E-state index in [1.54, 1.807) is 6.33 Å². The van der Waals surface area contributed by atoms with Gasteiger partial charge >= 0.3 is 0 Å². The minimum atomic E-state index is -3.69. The van der Waals surface area contributed by atoms with E-state index in [2.05, 4.69) is 20.6 Å². The molecule has 0 spiro atoms. The molecule has 0 amide bonds. The minimum absolute atomic E-state index is 0.0134. The van der Waals surface area contributed by atoms with E-state index in [1.165, 1.54) is 16.6 Å². The minimum Gasteiger partial charge on any atom is -0.315 e. The highest BCUT2D eigenvalue weighted by molar-refractivity contribution is 7.89. The van der Waals surface area contributed by atoms with Gasteiger partial charge in [0.1, 0.15) is 17.0 Å². The van der Waals surface area contributed by atoms with Crippen LogP contribution in [0.3, 0.4) is 0 Å². The zero-order valence-corrected chi connectivity index (χ0v) is 12.3. The van der Waals surface area contributed by atoms with Crippen LogP contribution < -0.4 is 11.3 Å². The summed E-state index contributed by atoms with van der Waals surface area (Å²) in [5.41, 5.74) is 2.29. The third-order valence-corrected chi connectivity index (χ3v) is 5.29. The zero-order chi connectivity index (χ0) is 15.0. The quantitative estimate of drug-likeness (QED) is 0.592. The predicted octanol–water partition coefficient (Wildman–Crippen LogP) is -0.183. The summed E-state index contributed by atoms with van der Waals surface area (Å²) < 4.78 is 28.3. The average Bonchev–Trinajstić information content (AvgIpc) is 2.94. The number of sulfonamides is 1. The van der Waals surface area contributed by atoms with E-state index < -0.39 is 10.0 Å². The summed E-state index contributed by atoms with van der Waals surface area (Å²) in [6.07, 6.45) is 2.80. The van der Waals surface area contributed by atoms with Gasteiger partial charge in [-0.1, -0.05) is 11.6 Å². The van der Waals surface area contributed by atoms with Gasteiger partial charge in [0.05, 0.1) is 11.6 Å². The number of hydrazine groups is 1. The van der Waals surface area contributed by atoms with Gasteiger partial charge in [-0.3, -0.25) is 0 Å². The van der Waals surface area contributed by atoms with Gasteiger partial charge in [0.2, 0.25) is 10.0 Å². The number of anilines is 1. The van der Waals surface area contributed by atoms with Gasteiger partial charge in [0.15, 0.2) is 5.82 Å². The average molecular weight is 330 g/mol. The van der Waals surface area contributed by atoms with Gasteiger partial charge < -0.3 is 9.99 Å². The maximum atomic E-state index is 12.6. The molecule has 3 rings (SSSR count). The number of hydrogen-bond donors (Lipinski definition) is 2. The molecule has 1 aliphatic heterocycles. The summed E-state index contributed by atoms with van der Waals surface area (Å²) in [6, 6.07) is 1.32. The molecule has 0 aliphatic carbocycles. The number of halogens is 1. The van der Waals surface area contributed by atoms with Crippen LogP contribution in [0, 0.1) is 0 Å². The lowest BCUT2D eigenvalue weighted by Gasteiger charge is -2.26. The highest BCUT2D eigenvalue weighted by atomic mass is 35.5. The maximum absolute atomic E-state index is 12.6. The Morgan fingerprint density at radius 3 is 2.90 bits per heavy atom. The fraction of sp³-hybridized carbons (Fsp3) is 0.300. The van der Waals surface area contributed by atoms with Crippen molar-refractivity contribution in [1.29, 1.82) is 0 Å². The molecule has 1 aliphatic rings. The number of nitrogens with two attached hydrogens (primary N) is 1. The molecule has 3 heterocycles. The standard InChI is InChI=1S/C10H12ClN7O2S/c11-8-3-7(4-13-10(8)15-12)21(19,20)18-2-1-17-6-14-16-9(17)5-18/h3-4,6H,1-2,5,12H2,(H,13,15). The molecule has 112 valence electrons. The molecule has 0 aromatic carbocycles. The van der Waals surface area contributed by atoms with Crippen LogP contribution in [0.1, 0.15) is 5.82 Å². The van der Waals surface area contributed by atoms with Crippen molar-refractivity contribution in [3.8, 4) is 0 Å². The second-order valence-corrected chi connectivity index (χ2v) is 6.77. The fourth-order valence-electron chi connectivity index (χ4n) is 2.07. The molecule has 0 radical (unpaired) electrons. The Hall–Kier alpha value is -1.75. The van der Waals surface area contributed by atoms with Crippen LogP contribution in [-0.4, -0.2) is 39.0 Å². The van der Waals surface area contributed by atoms with Crippen LogP contribution in [0.2, 0.25) is 5.02 Å². The third kappa shape index (κ3) is 2.46. The summed E-state index contributed by atoms with van der Waals surface area (Å²) >= 11 is 5.92. The summed E-state index contributed by atoms with van der Waals surface area (Å²) in [7, 11) is -3.69. The van der Waals surface area contributed by atoms with Crippen molar-refractivity contribution in [3.63, 3.8) is 0 Å². The first-order valence-electron chi connectivity index (χ1n) is 6.01. The maximum Gasteiger partial charge on any atom is 0.245 e. The summed E-state index contributed by atoms with van der Waals surface area (Å²) in [4.78, 5) is 3.90. The second-order valence-electron chi connectivity index (χ2n) is 4.42. The topological polar surface area (TPSA) is 119 Å². The Balaban J connectivity index is 1.93. The lowest BCUT2D eigenvalue weighted by atomic mass is 10.4. The van der Waals surface area contributed by atoms with E-state index in [1.807, 2.05) is 4.57 Å². The number of nitrogens with zero attached hydrogens (tertiary/aromatic N) is 5. The Morgan fingerprint density at radius 2 is 2.19 bits per heavy atom. The molecule has 0 fully saturated rings. The summed E-state index contributed by atoms with van der Waals surface area (Å²) in [5.74, 6) is 6.04. The number of aromatic nitrogens is 4. The number of fused-ring (bicyclic) bond motifs is 1. The monoisotopic (exact) mass is 329 g/mol. The number of rotatable bonds is 3. The molecule has 2 aromatic rings. The van der Waals surface area contributed by atoms with E-state index >= 15 is 0 Å². The van der Waals surface area contributed by atoms with Crippen molar-refractivity contribution in [3.05, 3.63) is 29.4 Å². The highest BCUT2D eigenvalue weighted by Crippen LogP contribution is 2.25. The first kappa shape index (κ1) is 14.2. The molecule has 11 heteroatoms. The van der Waals surface area contributed by atoms with Crippen molar-refractivity contribution in [2.45, 2.75) is 18.0 Å². The van der Waals surface area contributed by atoms with Crippen LogP contribution in [0.25, 0.3) is 0 Å². The molecule has 0 unspecified atom stereocenters. The summed E-state index contributed by atoms with van der Waals surface area (Å²) in [5, 5.41) is 7.80. The third-order valence-electron chi connectivity index (χ3n) is 3.19. The number of hydrogen-bond acceptors (Lipinski definition) is 7. The highest BCUT2D eigenvalue weighted by Gasteiger charge is 2.30. The van der Waals surface area contributed by atoms with Crippen molar-refractivity contribution in [2.75, 3.05) is 12.0 Å². The molecule has 0 saturated carbocycles. The van der Waals surface area contributed by atoms with Crippen LogP contribution in [0.5, 0.6) is 0 Å². The smallest absolute Gasteiger partial charge is 0.245 e. The molecule has 0 saturated heterocycles. The Morgan fingerprint density at radius 1 is 1.38 bits per heavy atom. The Kier molecular flexibility index (Phi) is 3.53. The SMILES string of the molecule is NNc1ncc(S(=O)(=O)N2CCn3cnnc3C2)cc1Cl. The molecule has 2 aromatic heterocycles. The van der Waals surface area contributed by atoms with Crippen molar-refractivity contribution in [1.82, 2.24) is 24.1 Å². The molecule has 9 nitrogen and oxygen atoms in total. The Bertz CT molecular complexity index is 775. The lowest BCUT2D eigenvalue weighted by molar-refractivity contribution is 0.335. The van der Waals surface area contributed by atoms with Crippen molar-refractivity contribution in [2.24, 2.45) is 5.84 Å². The second kappa shape index (κ2) is 5.22. The zero-order valence-electron chi connectivity index (χ0n) is 10.8. The fourth-order valence-corrected chi connectivity index (χ4v) is 3.71. The van der Waals surface area contributed by atoms with Crippen molar-refractivity contribution >= 4 is 27.4 Å². The van der Waals surface area contributed by atoms with E-state index in [0.29, 0.717) is 18.9 Å². The molecule has 0 atom stereocenters.